The van der Waals surface area contributed by atoms with E-state index >= 15 is 0 Å². The Morgan fingerprint density at radius 1 is 0.833 bits per heavy atom. The first-order valence-corrected chi connectivity index (χ1v) is 10.7. The van der Waals surface area contributed by atoms with Crippen molar-refractivity contribution in [2.45, 2.75) is 27.0 Å². The van der Waals surface area contributed by atoms with Gasteiger partial charge in [0.25, 0.3) is 0 Å². The van der Waals surface area contributed by atoms with Gasteiger partial charge in [0.05, 0.1) is 10.0 Å². The number of rotatable bonds is 6. The molecule has 30 heavy (non-hydrogen) atoms. The van der Waals surface area contributed by atoms with Gasteiger partial charge in [0, 0.05) is 12.2 Å². The summed E-state index contributed by atoms with van der Waals surface area (Å²) in [4.78, 5) is 0. The summed E-state index contributed by atoms with van der Waals surface area (Å²) >= 11 is 13.0. The number of hydrogen-bond donors (Lipinski definition) is 1. The van der Waals surface area contributed by atoms with Crippen LogP contribution in [0.2, 0.25) is 10.0 Å². The Morgan fingerprint density at radius 2 is 1.53 bits per heavy atom. The summed E-state index contributed by atoms with van der Waals surface area (Å²) in [7, 11) is 0. The van der Waals surface area contributed by atoms with Gasteiger partial charge in [-0.1, -0.05) is 77.8 Å². The Balaban J connectivity index is 1.49. The zero-order chi connectivity index (χ0) is 21.1. The van der Waals surface area contributed by atoms with Crippen LogP contribution in [0.4, 0.5) is 5.69 Å². The van der Waals surface area contributed by atoms with Crippen molar-refractivity contribution in [3.8, 4) is 5.75 Å². The zero-order valence-electron chi connectivity index (χ0n) is 17.0. The number of hydrogen-bond acceptors (Lipinski definition) is 2. The third-order valence-corrected chi connectivity index (χ3v) is 5.96. The third kappa shape index (κ3) is 4.40. The second-order valence-electron chi connectivity index (χ2n) is 7.42. The van der Waals surface area contributed by atoms with Gasteiger partial charge in [0.1, 0.15) is 6.61 Å². The van der Waals surface area contributed by atoms with Gasteiger partial charge in [-0.15, -0.1) is 0 Å². The van der Waals surface area contributed by atoms with Gasteiger partial charge in [-0.3, -0.25) is 0 Å². The molecular weight excluding hydrogens is 413 g/mol. The molecule has 4 aromatic carbocycles. The fraction of sp³-hybridized carbons (Fsp3) is 0.154. The molecule has 1 N–H and O–H groups in total. The third-order valence-electron chi connectivity index (χ3n) is 5.40. The lowest BCUT2D eigenvalue weighted by molar-refractivity contribution is 0.308. The van der Waals surface area contributed by atoms with Crippen LogP contribution in [0.1, 0.15) is 22.3 Å². The average molecular weight is 436 g/mol. The van der Waals surface area contributed by atoms with E-state index in [-0.39, 0.29) is 0 Å². The van der Waals surface area contributed by atoms with E-state index in [4.69, 9.17) is 27.9 Å². The van der Waals surface area contributed by atoms with Crippen molar-refractivity contribution in [1.82, 2.24) is 0 Å². The van der Waals surface area contributed by atoms with Crippen LogP contribution in [0.5, 0.6) is 5.75 Å². The lowest BCUT2D eigenvalue weighted by Gasteiger charge is -2.15. The van der Waals surface area contributed by atoms with Crippen LogP contribution >= 0.6 is 23.2 Å². The molecule has 0 amide bonds. The fourth-order valence-electron chi connectivity index (χ4n) is 3.56. The lowest BCUT2D eigenvalue weighted by atomic mass is 10.1. The van der Waals surface area contributed by atoms with Crippen molar-refractivity contribution in [2.75, 3.05) is 5.32 Å². The second-order valence-corrected chi connectivity index (χ2v) is 8.23. The van der Waals surface area contributed by atoms with E-state index in [1.807, 2.05) is 30.3 Å². The number of nitrogens with one attached hydrogen (secondary N) is 1. The highest BCUT2D eigenvalue weighted by atomic mass is 35.5. The molecule has 0 aliphatic rings. The predicted molar refractivity (Wildman–Crippen MR) is 128 cm³/mol. The van der Waals surface area contributed by atoms with Crippen molar-refractivity contribution < 1.29 is 4.74 Å². The predicted octanol–water partition coefficient (Wildman–Crippen LogP) is 7.95. The summed E-state index contributed by atoms with van der Waals surface area (Å²) in [6, 6.07) is 24.5. The van der Waals surface area contributed by atoms with Gasteiger partial charge in [-0.25, -0.2) is 0 Å². The van der Waals surface area contributed by atoms with Crippen LogP contribution in [-0.2, 0) is 13.2 Å². The monoisotopic (exact) mass is 435 g/mol. The van der Waals surface area contributed by atoms with Gasteiger partial charge in [0.2, 0.25) is 0 Å². The van der Waals surface area contributed by atoms with Gasteiger partial charge < -0.3 is 10.1 Å². The maximum Gasteiger partial charge on any atom is 0.156 e. The topological polar surface area (TPSA) is 21.3 Å². The zero-order valence-corrected chi connectivity index (χ0v) is 18.5. The summed E-state index contributed by atoms with van der Waals surface area (Å²) in [5, 5.41) is 6.84. The van der Waals surface area contributed by atoms with E-state index in [1.165, 1.54) is 21.9 Å². The van der Waals surface area contributed by atoms with Crippen LogP contribution < -0.4 is 10.1 Å². The molecule has 2 nitrogen and oxygen atoms in total. The number of benzene rings is 4. The van der Waals surface area contributed by atoms with E-state index in [0.717, 1.165) is 16.8 Å². The van der Waals surface area contributed by atoms with Gasteiger partial charge >= 0.3 is 0 Å². The molecule has 4 rings (SSSR count). The molecule has 152 valence electrons. The highest BCUT2D eigenvalue weighted by Crippen LogP contribution is 2.35. The van der Waals surface area contributed by atoms with Crippen LogP contribution in [0.15, 0.2) is 72.8 Å². The Bertz CT molecular complexity index is 1170. The summed E-state index contributed by atoms with van der Waals surface area (Å²) in [6.45, 7) is 5.26. The number of aryl methyl sites for hydroxylation is 1. The first-order chi connectivity index (χ1) is 14.5. The number of anilines is 1. The Kier molecular flexibility index (Phi) is 6.17. The van der Waals surface area contributed by atoms with Crippen LogP contribution in [-0.4, -0.2) is 0 Å². The Hall–Kier alpha value is -2.68. The van der Waals surface area contributed by atoms with Gasteiger partial charge in [-0.2, -0.15) is 0 Å². The minimum Gasteiger partial charge on any atom is -0.486 e. The van der Waals surface area contributed by atoms with Crippen molar-refractivity contribution in [3.05, 3.63) is 105 Å². The minimum atomic E-state index is 0.404. The molecule has 0 saturated carbocycles. The van der Waals surface area contributed by atoms with Crippen LogP contribution in [0.25, 0.3) is 10.8 Å². The molecule has 0 unspecified atom stereocenters. The molecule has 0 aromatic heterocycles. The number of halogens is 2. The molecule has 0 aliphatic heterocycles. The lowest BCUT2D eigenvalue weighted by Crippen LogP contribution is -2.03. The summed E-state index contributed by atoms with van der Waals surface area (Å²) in [6.07, 6.45) is 0. The summed E-state index contributed by atoms with van der Waals surface area (Å²) in [5.41, 5.74) is 5.71. The quantitative estimate of drug-likeness (QED) is 0.331. The maximum absolute atomic E-state index is 6.52. The maximum atomic E-state index is 6.52. The Morgan fingerprint density at radius 3 is 2.33 bits per heavy atom. The van der Waals surface area contributed by atoms with Crippen molar-refractivity contribution >= 4 is 39.7 Å². The van der Waals surface area contributed by atoms with E-state index in [0.29, 0.717) is 28.9 Å². The smallest absolute Gasteiger partial charge is 0.156 e. The van der Waals surface area contributed by atoms with E-state index in [9.17, 15) is 0 Å². The number of fused-ring (bicyclic) bond motifs is 1. The van der Waals surface area contributed by atoms with E-state index in [2.05, 4.69) is 61.6 Å². The van der Waals surface area contributed by atoms with E-state index < -0.39 is 0 Å². The molecule has 4 aromatic rings. The van der Waals surface area contributed by atoms with Crippen molar-refractivity contribution in [2.24, 2.45) is 0 Å². The van der Waals surface area contributed by atoms with E-state index in [1.54, 1.807) is 0 Å². The highest BCUT2D eigenvalue weighted by molar-refractivity contribution is 6.37. The molecule has 0 saturated heterocycles. The van der Waals surface area contributed by atoms with Gasteiger partial charge in [-0.05, 0) is 65.1 Å². The SMILES string of the molecule is Cc1cccc(NCc2cc(Cl)c(OCc3cccc4ccccc34)c(Cl)c2)c1C. The van der Waals surface area contributed by atoms with Gasteiger partial charge in [0.15, 0.2) is 5.75 Å². The molecule has 0 spiro atoms. The molecule has 0 aliphatic carbocycles. The average Bonchev–Trinajstić information content (AvgIpc) is 2.74. The van der Waals surface area contributed by atoms with Crippen LogP contribution in [0, 0.1) is 13.8 Å². The molecule has 0 atom stereocenters. The number of ether oxygens (including phenoxy) is 1. The Labute approximate surface area is 187 Å². The molecule has 0 bridgehead atoms. The minimum absolute atomic E-state index is 0.404. The normalized spacial score (nSPS) is 10.9. The largest absolute Gasteiger partial charge is 0.486 e. The fourth-order valence-corrected chi connectivity index (χ4v) is 4.20. The first-order valence-electron chi connectivity index (χ1n) is 9.90. The van der Waals surface area contributed by atoms with Crippen LogP contribution in [0.3, 0.4) is 0 Å². The molecule has 0 heterocycles. The molecular formula is C26H23Cl2NO. The summed E-state index contributed by atoms with van der Waals surface area (Å²) in [5.74, 6) is 0.516. The molecule has 0 radical (unpaired) electrons. The first kappa shape index (κ1) is 20.6. The summed E-state index contributed by atoms with van der Waals surface area (Å²) < 4.78 is 6.03. The second kappa shape index (κ2) is 8.99. The van der Waals surface area contributed by atoms with Crippen molar-refractivity contribution in [1.29, 1.82) is 0 Å². The molecule has 4 heteroatoms. The standard InChI is InChI=1S/C26H23Cl2NO/c1-17-7-5-12-25(18(17)2)29-15-19-13-23(27)26(24(28)14-19)30-16-21-10-6-9-20-8-3-4-11-22(20)21/h3-14,29H,15-16H2,1-2H3. The van der Waals surface area contributed by atoms with Crippen molar-refractivity contribution in [3.63, 3.8) is 0 Å². The highest BCUT2D eigenvalue weighted by Gasteiger charge is 2.12. The molecule has 0 fully saturated rings.